The van der Waals surface area contributed by atoms with Crippen molar-refractivity contribution in [3.63, 3.8) is 0 Å². The van der Waals surface area contributed by atoms with Gasteiger partial charge in [0, 0.05) is 18.9 Å². The molecule has 0 aliphatic heterocycles. The van der Waals surface area contributed by atoms with Crippen LogP contribution in [0.2, 0.25) is 0 Å². The number of hydrogen-bond donors (Lipinski definition) is 1. The monoisotopic (exact) mass is 205 g/mol. The summed E-state index contributed by atoms with van der Waals surface area (Å²) >= 11 is 0. The Morgan fingerprint density at radius 2 is 1.93 bits per heavy atom. The van der Waals surface area contributed by atoms with Gasteiger partial charge in [-0.2, -0.15) is 0 Å². The quantitative estimate of drug-likeness (QED) is 0.776. The third-order valence-electron chi connectivity index (χ3n) is 2.49. The minimum atomic E-state index is -0.00740. The van der Waals surface area contributed by atoms with E-state index in [0.717, 1.165) is 18.4 Å². The third-order valence-corrected chi connectivity index (χ3v) is 2.49. The first kappa shape index (κ1) is 11.9. The molecule has 1 aromatic carbocycles. The summed E-state index contributed by atoms with van der Waals surface area (Å²) in [6.07, 6.45) is 2.97. The van der Waals surface area contributed by atoms with Crippen LogP contribution < -0.4 is 5.73 Å². The molecule has 0 radical (unpaired) electrons. The fraction of sp³-hybridized carbons (Fsp3) is 0.462. The van der Waals surface area contributed by atoms with E-state index in [2.05, 4.69) is 0 Å². The SMILES string of the molecule is CCCC(=O)CCC(N)c1ccccc1. The van der Waals surface area contributed by atoms with E-state index in [0.29, 0.717) is 18.6 Å². The van der Waals surface area contributed by atoms with Gasteiger partial charge < -0.3 is 5.73 Å². The molecule has 2 N–H and O–H groups in total. The summed E-state index contributed by atoms with van der Waals surface area (Å²) in [5, 5.41) is 0. The molecular formula is C13H19NO. The summed E-state index contributed by atoms with van der Waals surface area (Å²) < 4.78 is 0. The van der Waals surface area contributed by atoms with E-state index in [9.17, 15) is 4.79 Å². The first-order valence-electron chi connectivity index (χ1n) is 5.56. The van der Waals surface area contributed by atoms with Crippen LogP contribution in [0.3, 0.4) is 0 Å². The lowest BCUT2D eigenvalue weighted by molar-refractivity contribution is -0.119. The van der Waals surface area contributed by atoms with Crippen molar-refractivity contribution in [1.82, 2.24) is 0 Å². The lowest BCUT2D eigenvalue weighted by atomic mass is 10.0. The largest absolute Gasteiger partial charge is 0.324 e. The Morgan fingerprint density at radius 1 is 1.27 bits per heavy atom. The van der Waals surface area contributed by atoms with Crippen LogP contribution in [0.5, 0.6) is 0 Å². The lowest BCUT2D eigenvalue weighted by Crippen LogP contribution is -2.12. The Hall–Kier alpha value is -1.15. The Balaban J connectivity index is 2.37. The number of rotatable bonds is 6. The molecule has 0 aliphatic rings. The molecule has 0 amide bonds. The van der Waals surface area contributed by atoms with E-state index in [4.69, 9.17) is 5.73 Å². The molecule has 2 nitrogen and oxygen atoms in total. The second-order valence-electron chi connectivity index (χ2n) is 3.84. The predicted molar refractivity (Wildman–Crippen MR) is 62.5 cm³/mol. The number of hydrogen-bond acceptors (Lipinski definition) is 2. The van der Waals surface area contributed by atoms with Gasteiger partial charge in [0.15, 0.2) is 0 Å². The second kappa shape index (κ2) is 6.36. The summed E-state index contributed by atoms with van der Waals surface area (Å²) in [5.74, 6) is 0.323. The van der Waals surface area contributed by atoms with Crippen LogP contribution in [-0.2, 0) is 4.79 Å². The van der Waals surface area contributed by atoms with Crippen LogP contribution in [0.25, 0.3) is 0 Å². The molecule has 0 saturated heterocycles. The molecular weight excluding hydrogens is 186 g/mol. The minimum absolute atomic E-state index is 0.00740. The Bertz CT molecular complexity index is 295. The maximum absolute atomic E-state index is 11.3. The van der Waals surface area contributed by atoms with E-state index in [1.807, 2.05) is 37.3 Å². The van der Waals surface area contributed by atoms with Crippen LogP contribution in [0.15, 0.2) is 30.3 Å². The minimum Gasteiger partial charge on any atom is -0.324 e. The second-order valence-corrected chi connectivity index (χ2v) is 3.84. The summed E-state index contributed by atoms with van der Waals surface area (Å²) in [6.45, 7) is 2.02. The van der Waals surface area contributed by atoms with E-state index in [1.165, 1.54) is 0 Å². The Labute approximate surface area is 91.5 Å². The fourth-order valence-corrected chi connectivity index (χ4v) is 1.59. The number of carbonyl (C=O) groups is 1. The van der Waals surface area contributed by atoms with E-state index in [-0.39, 0.29) is 6.04 Å². The molecule has 1 atom stereocenters. The van der Waals surface area contributed by atoms with Crippen molar-refractivity contribution in [3.8, 4) is 0 Å². The van der Waals surface area contributed by atoms with Gasteiger partial charge in [-0.3, -0.25) is 4.79 Å². The van der Waals surface area contributed by atoms with Crippen molar-refractivity contribution < 1.29 is 4.79 Å². The summed E-state index contributed by atoms with van der Waals surface area (Å²) in [5.41, 5.74) is 7.10. The van der Waals surface area contributed by atoms with Gasteiger partial charge in [-0.1, -0.05) is 37.3 Å². The van der Waals surface area contributed by atoms with Crippen LogP contribution in [0, 0.1) is 0 Å². The molecule has 0 aliphatic carbocycles. The van der Waals surface area contributed by atoms with Crippen molar-refractivity contribution in [2.24, 2.45) is 5.73 Å². The third kappa shape index (κ3) is 4.26. The van der Waals surface area contributed by atoms with Crippen LogP contribution in [-0.4, -0.2) is 5.78 Å². The Morgan fingerprint density at radius 3 is 2.53 bits per heavy atom. The molecule has 1 unspecified atom stereocenters. The van der Waals surface area contributed by atoms with Gasteiger partial charge >= 0.3 is 0 Å². The highest BCUT2D eigenvalue weighted by Crippen LogP contribution is 2.15. The van der Waals surface area contributed by atoms with Crippen molar-refractivity contribution in [2.75, 3.05) is 0 Å². The van der Waals surface area contributed by atoms with Crippen LogP contribution in [0.1, 0.15) is 44.2 Å². The zero-order chi connectivity index (χ0) is 11.1. The molecule has 2 heteroatoms. The smallest absolute Gasteiger partial charge is 0.132 e. The highest BCUT2D eigenvalue weighted by molar-refractivity contribution is 5.78. The number of nitrogens with two attached hydrogens (primary N) is 1. The molecule has 0 bridgehead atoms. The van der Waals surface area contributed by atoms with Gasteiger partial charge in [-0.05, 0) is 18.4 Å². The van der Waals surface area contributed by atoms with Crippen LogP contribution in [0.4, 0.5) is 0 Å². The summed E-state index contributed by atoms with van der Waals surface area (Å²) in [4.78, 5) is 11.3. The number of ketones is 1. The van der Waals surface area contributed by atoms with Crippen molar-refractivity contribution in [1.29, 1.82) is 0 Å². The van der Waals surface area contributed by atoms with Crippen molar-refractivity contribution >= 4 is 5.78 Å². The van der Waals surface area contributed by atoms with E-state index < -0.39 is 0 Å². The average Bonchev–Trinajstić information content (AvgIpc) is 2.27. The predicted octanol–water partition coefficient (Wildman–Crippen LogP) is 2.84. The van der Waals surface area contributed by atoms with Crippen molar-refractivity contribution in [2.45, 2.75) is 38.6 Å². The topological polar surface area (TPSA) is 43.1 Å². The molecule has 82 valence electrons. The van der Waals surface area contributed by atoms with Gasteiger partial charge in [0.25, 0.3) is 0 Å². The molecule has 0 spiro atoms. The summed E-state index contributed by atoms with van der Waals surface area (Å²) in [7, 11) is 0. The summed E-state index contributed by atoms with van der Waals surface area (Å²) in [6, 6.07) is 9.93. The number of Topliss-reactive ketones (excluding diaryl/α,β-unsaturated/α-hetero) is 1. The molecule has 0 aromatic heterocycles. The van der Waals surface area contributed by atoms with Gasteiger partial charge in [0.1, 0.15) is 5.78 Å². The molecule has 1 aromatic rings. The first-order valence-corrected chi connectivity index (χ1v) is 5.56. The maximum Gasteiger partial charge on any atom is 0.132 e. The zero-order valence-corrected chi connectivity index (χ0v) is 9.28. The lowest BCUT2D eigenvalue weighted by Gasteiger charge is -2.10. The molecule has 15 heavy (non-hydrogen) atoms. The zero-order valence-electron chi connectivity index (χ0n) is 9.28. The fourth-order valence-electron chi connectivity index (χ4n) is 1.59. The number of carbonyl (C=O) groups excluding carboxylic acids is 1. The van der Waals surface area contributed by atoms with Gasteiger partial charge in [-0.15, -0.1) is 0 Å². The highest BCUT2D eigenvalue weighted by atomic mass is 16.1. The van der Waals surface area contributed by atoms with Gasteiger partial charge in [0.2, 0.25) is 0 Å². The standard InChI is InChI=1S/C13H19NO/c1-2-6-12(15)9-10-13(14)11-7-4-3-5-8-11/h3-5,7-8,13H,2,6,9-10,14H2,1H3. The highest BCUT2D eigenvalue weighted by Gasteiger charge is 2.07. The first-order chi connectivity index (χ1) is 7.24. The Kier molecular flexibility index (Phi) is 5.05. The molecule has 1 rings (SSSR count). The van der Waals surface area contributed by atoms with Crippen LogP contribution >= 0.6 is 0 Å². The molecule has 0 saturated carbocycles. The normalized spacial score (nSPS) is 12.4. The number of benzene rings is 1. The van der Waals surface area contributed by atoms with E-state index in [1.54, 1.807) is 0 Å². The maximum atomic E-state index is 11.3. The molecule has 0 heterocycles. The van der Waals surface area contributed by atoms with Gasteiger partial charge in [-0.25, -0.2) is 0 Å². The van der Waals surface area contributed by atoms with Gasteiger partial charge in [0.05, 0.1) is 0 Å². The van der Waals surface area contributed by atoms with Crippen molar-refractivity contribution in [3.05, 3.63) is 35.9 Å². The molecule has 0 fully saturated rings. The average molecular weight is 205 g/mol. The van der Waals surface area contributed by atoms with E-state index >= 15 is 0 Å².